The van der Waals surface area contributed by atoms with Gasteiger partial charge in [-0.2, -0.15) is 0 Å². The predicted molar refractivity (Wildman–Crippen MR) is 61.1 cm³/mol. The van der Waals surface area contributed by atoms with Crippen molar-refractivity contribution in [3.8, 4) is 0 Å². The predicted octanol–water partition coefficient (Wildman–Crippen LogP) is 2.01. The van der Waals surface area contributed by atoms with Gasteiger partial charge in [-0.1, -0.05) is 6.07 Å². The number of non-ortho nitro benzene ring substituents is 1. The first kappa shape index (κ1) is 12.6. The molecule has 0 spiro atoms. The second kappa shape index (κ2) is 4.21. The van der Waals surface area contributed by atoms with Crippen LogP contribution >= 0.6 is 0 Å². The van der Waals surface area contributed by atoms with Gasteiger partial charge in [-0.25, -0.2) is 8.42 Å². The summed E-state index contributed by atoms with van der Waals surface area (Å²) in [7, 11) is -3.24. The molecule has 0 aliphatic heterocycles. The van der Waals surface area contributed by atoms with E-state index in [-0.39, 0.29) is 5.69 Å². The van der Waals surface area contributed by atoms with E-state index >= 15 is 0 Å². The molecule has 0 radical (unpaired) electrons. The highest BCUT2D eigenvalue weighted by Gasteiger charge is 2.21. The van der Waals surface area contributed by atoms with Crippen LogP contribution in [0.1, 0.15) is 23.3 Å². The first-order chi connectivity index (χ1) is 7.23. The Hall–Kier alpha value is -1.43. The van der Waals surface area contributed by atoms with Gasteiger partial charge in [0.25, 0.3) is 5.69 Å². The highest BCUT2D eigenvalue weighted by Crippen LogP contribution is 2.27. The van der Waals surface area contributed by atoms with Gasteiger partial charge in [0, 0.05) is 18.4 Å². The molecule has 0 aromatic heterocycles. The maximum atomic E-state index is 11.4. The molecule has 0 unspecified atom stereocenters. The molecule has 1 rings (SSSR count). The van der Waals surface area contributed by atoms with Crippen LogP contribution in [0.2, 0.25) is 0 Å². The van der Waals surface area contributed by atoms with Crippen molar-refractivity contribution in [2.45, 2.75) is 19.1 Å². The topological polar surface area (TPSA) is 77.3 Å². The normalized spacial score (nSPS) is 13.4. The summed E-state index contributed by atoms with van der Waals surface area (Å²) in [5, 5.41) is 9.86. The Morgan fingerprint density at radius 2 is 1.94 bits per heavy atom. The van der Waals surface area contributed by atoms with Crippen molar-refractivity contribution < 1.29 is 13.3 Å². The van der Waals surface area contributed by atoms with E-state index in [1.54, 1.807) is 13.0 Å². The molecule has 16 heavy (non-hydrogen) atoms. The number of nitro benzene ring substituents is 1. The number of nitro groups is 1. The molecule has 0 aliphatic rings. The Kier molecular flexibility index (Phi) is 3.32. The van der Waals surface area contributed by atoms with Crippen molar-refractivity contribution >= 4 is 15.5 Å². The van der Waals surface area contributed by atoms with E-state index in [1.165, 1.54) is 19.1 Å². The van der Waals surface area contributed by atoms with Crippen molar-refractivity contribution in [3.05, 3.63) is 39.4 Å². The van der Waals surface area contributed by atoms with E-state index in [4.69, 9.17) is 0 Å². The molecule has 5 nitrogen and oxygen atoms in total. The highest BCUT2D eigenvalue weighted by atomic mass is 32.2. The van der Waals surface area contributed by atoms with Crippen molar-refractivity contribution in [3.63, 3.8) is 0 Å². The average molecular weight is 243 g/mol. The van der Waals surface area contributed by atoms with E-state index in [2.05, 4.69) is 0 Å². The van der Waals surface area contributed by atoms with Gasteiger partial charge in [0.15, 0.2) is 9.84 Å². The third-order valence-corrected chi connectivity index (χ3v) is 4.09. The number of hydrogen-bond donors (Lipinski definition) is 0. The molecule has 1 aromatic rings. The summed E-state index contributed by atoms with van der Waals surface area (Å²) in [6, 6.07) is 4.25. The minimum absolute atomic E-state index is 0.0869. The monoisotopic (exact) mass is 243 g/mol. The summed E-state index contributed by atoms with van der Waals surface area (Å²) in [6.45, 7) is 3.27. The number of sulfone groups is 1. The second-order valence-corrected chi connectivity index (χ2v) is 6.14. The fraction of sp³-hybridized carbons (Fsp3) is 0.400. The van der Waals surface area contributed by atoms with Crippen molar-refractivity contribution in [2.75, 3.05) is 6.26 Å². The fourth-order valence-corrected chi connectivity index (χ4v) is 2.13. The van der Waals surface area contributed by atoms with Crippen LogP contribution in [-0.2, 0) is 9.84 Å². The molecule has 0 amide bonds. The summed E-state index contributed by atoms with van der Waals surface area (Å²) in [5.41, 5.74) is 1.14. The standard InChI is InChI=1S/C10H13NO4S/c1-7-4-5-9(11(12)13)6-10(7)8(2)16(3,14)15/h4-6,8H,1-3H3/t8-/m1/s1. The average Bonchev–Trinajstić information content (AvgIpc) is 2.15. The zero-order chi connectivity index (χ0) is 12.5. The minimum Gasteiger partial charge on any atom is -0.258 e. The zero-order valence-electron chi connectivity index (χ0n) is 9.30. The first-order valence-corrected chi connectivity index (χ1v) is 6.62. The van der Waals surface area contributed by atoms with Crippen LogP contribution in [0, 0.1) is 17.0 Å². The summed E-state index contributed by atoms with van der Waals surface area (Å²) >= 11 is 0. The van der Waals surface area contributed by atoms with E-state index in [0.717, 1.165) is 11.8 Å². The largest absolute Gasteiger partial charge is 0.269 e. The molecule has 0 fully saturated rings. The van der Waals surface area contributed by atoms with Crippen LogP contribution in [-0.4, -0.2) is 19.6 Å². The molecule has 0 N–H and O–H groups in total. The van der Waals surface area contributed by atoms with Gasteiger partial charge < -0.3 is 0 Å². The van der Waals surface area contributed by atoms with Crippen LogP contribution in [0.4, 0.5) is 5.69 Å². The molecule has 0 aliphatic carbocycles. The van der Waals surface area contributed by atoms with Crippen molar-refractivity contribution in [1.82, 2.24) is 0 Å². The smallest absolute Gasteiger partial charge is 0.258 e. The molecule has 1 atom stereocenters. The van der Waals surface area contributed by atoms with Crippen molar-refractivity contribution in [2.24, 2.45) is 0 Å². The van der Waals surface area contributed by atoms with Crippen LogP contribution in [0.5, 0.6) is 0 Å². The molecule has 0 saturated carbocycles. The third kappa shape index (κ3) is 2.57. The van der Waals surface area contributed by atoms with Gasteiger partial charge in [-0.05, 0) is 25.0 Å². The lowest BCUT2D eigenvalue weighted by Gasteiger charge is -2.12. The molecule has 0 heterocycles. The number of rotatable bonds is 3. The first-order valence-electron chi connectivity index (χ1n) is 4.67. The Balaban J connectivity index is 3.33. The summed E-state index contributed by atoms with van der Waals surface area (Å²) in [6.07, 6.45) is 1.12. The minimum atomic E-state index is -3.24. The van der Waals surface area contributed by atoms with Gasteiger partial charge in [-0.15, -0.1) is 0 Å². The lowest BCUT2D eigenvalue weighted by atomic mass is 10.1. The van der Waals surface area contributed by atoms with Gasteiger partial charge >= 0.3 is 0 Å². The highest BCUT2D eigenvalue weighted by molar-refractivity contribution is 7.90. The van der Waals surface area contributed by atoms with Gasteiger partial charge in [0.1, 0.15) is 0 Å². The Morgan fingerprint density at radius 3 is 2.38 bits per heavy atom. The number of benzene rings is 1. The summed E-state index contributed by atoms with van der Waals surface area (Å²) in [4.78, 5) is 10.1. The molecular formula is C10H13NO4S. The molecular weight excluding hydrogens is 230 g/mol. The van der Waals surface area contributed by atoms with Crippen LogP contribution in [0.25, 0.3) is 0 Å². The quantitative estimate of drug-likeness (QED) is 0.601. The maximum Gasteiger partial charge on any atom is 0.269 e. The van der Waals surface area contributed by atoms with Gasteiger partial charge in [0.05, 0.1) is 10.2 Å². The van der Waals surface area contributed by atoms with Crippen LogP contribution < -0.4 is 0 Å². The number of aryl methyl sites for hydroxylation is 1. The SMILES string of the molecule is Cc1ccc([N+](=O)[O-])cc1[C@@H](C)S(C)(=O)=O. The zero-order valence-corrected chi connectivity index (χ0v) is 10.1. The Bertz CT molecular complexity index is 522. The maximum absolute atomic E-state index is 11.4. The lowest BCUT2D eigenvalue weighted by Crippen LogP contribution is -2.09. The summed E-state index contributed by atoms with van der Waals surface area (Å²) < 4.78 is 22.8. The fourth-order valence-electron chi connectivity index (χ4n) is 1.41. The summed E-state index contributed by atoms with van der Waals surface area (Å²) in [5.74, 6) is 0. The molecule has 0 bridgehead atoms. The van der Waals surface area contributed by atoms with E-state index in [9.17, 15) is 18.5 Å². The van der Waals surface area contributed by atoms with Gasteiger partial charge in [0.2, 0.25) is 0 Å². The molecule has 0 saturated heterocycles. The molecule has 1 aromatic carbocycles. The van der Waals surface area contributed by atoms with Crippen LogP contribution in [0.3, 0.4) is 0 Å². The number of hydrogen-bond acceptors (Lipinski definition) is 4. The number of nitrogens with zero attached hydrogens (tertiary/aromatic N) is 1. The van der Waals surface area contributed by atoms with E-state index < -0.39 is 20.0 Å². The Morgan fingerprint density at radius 1 is 1.38 bits per heavy atom. The van der Waals surface area contributed by atoms with E-state index in [1.807, 2.05) is 0 Å². The molecule has 88 valence electrons. The Labute approximate surface area is 94.2 Å². The lowest BCUT2D eigenvalue weighted by molar-refractivity contribution is -0.384. The van der Waals surface area contributed by atoms with Crippen LogP contribution in [0.15, 0.2) is 18.2 Å². The third-order valence-electron chi connectivity index (χ3n) is 2.55. The van der Waals surface area contributed by atoms with Gasteiger partial charge in [-0.3, -0.25) is 10.1 Å². The second-order valence-electron chi connectivity index (χ2n) is 3.77. The molecule has 6 heteroatoms. The van der Waals surface area contributed by atoms with E-state index in [0.29, 0.717) is 5.56 Å². The van der Waals surface area contributed by atoms with Crippen molar-refractivity contribution in [1.29, 1.82) is 0 Å².